The molecule has 2 heterocycles. The van der Waals surface area contributed by atoms with E-state index in [0.29, 0.717) is 13.0 Å². The molecule has 0 aliphatic carbocycles. The van der Waals surface area contributed by atoms with Crippen molar-refractivity contribution in [3.8, 4) is 0 Å². The molecule has 1 atom stereocenters. The van der Waals surface area contributed by atoms with Crippen molar-refractivity contribution in [2.45, 2.75) is 12.5 Å². The number of nitrogens with zero attached hydrogens (tertiary/aromatic N) is 3. The molecule has 6 nitrogen and oxygen atoms in total. The highest BCUT2D eigenvalue weighted by molar-refractivity contribution is 7.91. The van der Waals surface area contributed by atoms with Crippen LogP contribution >= 0.6 is 0 Å². The van der Waals surface area contributed by atoms with Crippen LogP contribution in [0.3, 0.4) is 0 Å². The van der Waals surface area contributed by atoms with Gasteiger partial charge in [0.1, 0.15) is 5.82 Å². The first-order valence-corrected chi connectivity index (χ1v) is 10.4. The summed E-state index contributed by atoms with van der Waals surface area (Å²) in [5.41, 5.74) is 0.987. The number of hydrogen-bond donors (Lipinski definition) is 0. The highest BCUT2D eigenvalue weighted by atomic mass is 32.2. The van der Waals surface area contributed by atoms with Gasteiger partial charge in [-0.2, -0.15) is 0 Å². The predicted octanol–water partition coefficient (Wildman–Crippen LogP) is 0.593. The molecular weight excluding hydrogens is 345 g/mol. The normalized spacial score (nSPS) is 23.6. The zero-order valence-electron chi connectivity index (χ0n) is 14.4. The fourth-order valence-corrected chi connectivity index (χ4v) is 5.18. The number of amides is 1. The summed E-state index contributed by atoms with van der Waals surface area (Å²) in [5.74, 6) is -0.0264. The summed E-state index contributed by atoms with van der Waals surface area (Å²) in [6.45, 7) is 3.37. The number of carbonyl (C=O) groups is 1. The van der Waals surface area contributed by atoms with E-state index in [0.717, 1.165) is 31.9 Å². The second kappa shape index (κ2) is 7.29. The van der Waals surface area contributed by atoms with Crippen molar-refractivity contribution in [2.75, 3.05) is 56.2 Å². The minimum absolute atomic E-state index is 0.0302. The van der Waals surface area contributed by atoms with E-state index in [1.54, 1.807) is 24.1 Å². The van der Waals surface area contributed by atoms with Crippen LogP contribution in [0.2, 0.25) is 0 Å². The first-order chi connectivity index (χ1) is 11.8. The van der Waals surface area contributed by atoms with Gasteiger partial charge in [0, 0.05) is 45.0 Å². The van der Waals surface area contributed by atoms with Crippen LogP contribution in [0, 0.1) is 5.82 Å². The molecule has 0 radical (unpaired) electrons. The monoisotopic (exact) mass is 369 g/mol. The number of rotatable bonds is 4. The lowest BCUT2D eigenvalue weighted by Crippen LogP contribution is -2.51. The zero-order chi connectivity index (χ0) is 18.0. The van der Waals surface area contributed by atoms with E-state index in [2.05, 4.69) is 9.80 Å². The van der Waals surface area contributed by atoms with Crippen molar-refractivity contribution in [3.05, 3.63) is 30.1 Å². The first kappa shape index (κ1) is 18.1. The highest BCUT2D eigenvalue weighted by Gasteiger charge is 2.33. The van der Waals surface area contributed by atoms with Crippen molar-refractivity contribution in [2.24, 2.45) is 0 Å². The van der Waals surface area contributed by atoms with E-state index < -0.39 is 9.84 Å². The topological polar surface area (TPSA) is 60.9 Å². The second-order valence-electron chi connectivity index (χ2n) is 6.80. The third kappa shape index (κ3) is 4.49. The minimum atomic E-state index is -2.99. The van der Waals surface area contributed by atoms with E-state index in [4.69, 9.17) is 0 Å². The van der Waals surface area contributed by atoms with Gasteiger partial charge in [0.05, 0.1) is 18.1 Å². The first-order valence-electron chi connectivity index (χ1n) is 8.53. The summed E-state index contributed by atoms with van der Waals surface area (Å²) in [4.78, 5) is 18.3. The lowest BCUT2D eigenvalue weighted by atomic mass is 10.2. The molecular formula is C17H24FN3O3S. The molecule has 25 heavy (non-hydrogen) atoms. The Kier molecular flexibility index (Phi) is 5.29. The Hall–Kier alpha value is -1.67. The van der Waals surface area contributed by atoms with Crippen molar-refractivity contribution in [1.82, 2.24) is 9.80 Å². The number of sulfone groups is 1. The van der Waals surface area contributed by atoms with E-state index in [1.165, 1.54) is 12.1 Å². The van der Waals surface area contributed by atoms with E-state index >= 15 is 0 Å². The molecule has 0 saturated carbocycles. The van der Waals surface area contributed by atoms with Gasteiger partial charge in [-0.3, -0.25) is 9.69 Å². The lowest BCUT2D eigenvalue weighted by molar-refractivity contribution is -0.132. The van der Waals surface area contributed by atoms with Gasteiger partial charge in [-0.25, -0.2) is 12.8 Å². The van der Waals surface area contributed by atoms with Crippen LogP contribution in [-0.2, 0) is 14.6 Å². The van der Waals surface area contributed by atoms with Gasteiger partial charge >= 0.3 is 0 Å². The quantitative estimate of drug-likeness (QED) is 0.778. The number of hydrogen-bond acceptors (Lipinski definition) is 5. The van der Waals surface area contributed by atoms with Crippen LogP contribution in [-0.4, -0.2) is 81.4 Å². The van der Waals surface area contributed by atoms with Crippen LogP contribution in [0.4, 0.5) is 10.1 Å². The molecule has 2 aliphatic rings. The van der Waals surface area contributed by atoms with Gasteiger partial charge in [0.25, 0.3) is 0 Å². The summed E-state index contributed by atoms with van der Waals surface area (Å²) in [7, 11) is -1.29. The Morgan fingerprint density at radius 3 is 2.40 bits per heavy atom. The van der Waals surface area contributed by atoms with Gasteiger partial charge in [0.2, 0.25) is 5.91 Å². The van der Waals surface area contributed by atoms with Gasteiger partial charge in [-0.15, -0.1) is 0 Å². The molecule has 1 aromatic carbocycles. The fourth-order valence-electron chi connectivity index (χ4n) is 3.40. The molecule has 1 aromatic rings. The molecule has 0 unspecified atom stereocenters. The Bertz CT molecular complexity index is 715. The molecule has 0 bridgehead atoms. The molecule has 2 aliphatic heterocycles. The number of likely N-dealkylation sites (N-methyl/N-ethyl adjacent to an activating group) is 1. The molecule has 2 saturated heterocycles. The number of benzene rings is 1. The van der Waals surface area contributed by atoms with Crippen molar-refractivity contribution in [3.63, 3.8) is 0 Å². The maximum Gasteiger partial charge on any atom is 0.236 e. The van der Waals surface area contributed by atoms with Gasteiger partial charge in [-0.05, 0) is 30.7 Å². The third-order valence-electron chi connectivity index (χ3n) is 5.07. The van der Waals surface area contributed by atoms with Gasteiger partial charge < -0.3 is 9.80 Å². The van der Waals surface area contributed by atoms with Crippen molar-refractivity contribution in [1.29, 1.82) is 0 Å². The Balaban J connectivity index is 1.48. The fraction of sp³-hybridized carbons (Fsp3) is 0.588. The highest BCUT2D eigenvalue weighted by Crippen LogP contribution is 2.18. The number of carbonyl (C=O) groups excluding carboxylic acids is 1. The van der Waals surface area contributed by atoms with E-state index in [-0.39, 0.29) is 29.3 Å². The molecule has 8 heteroatoms. The Labute approximate surface area is 148 Å². The third-order valence-corrected chi connectivity index (χ3v) is 6.82. The molecule has 1 amide bonds. The van der Waals surface area contributed by atoms with Crippen molar-refractivity contribution < 1.29 is 17.6 Å². The number of halogens is 1. The summed E-state index contributed by atoms with van der Waals surface area (Å²) in [5, 5.41) is 0. The molecule has 2 fully saturated rings. The number of piperazine rings is 1. The van der Waals surface area contributed by atoms with Crippen LogP contribution in [0.15, 0.2) is 24.3 Å². The summed E-state index contributed by atoms with van der Waals surface area (Å²) < 4.78 is 36.1. The Morgan fingerprint density at radius 1 is 1.20 bits per heavy atom. The Morgan fingerprint density at radius 2 is 1.84 bits per heavy atom. The standard InChI is InChI=1S/C17H24FN3O3S/c1-19(16-6-11-25(23,24)13-16)17(22)12-20-7-9-21(10-8-20)15-4-2-14(18)3-5-15/h2-5,16H,6-13H2,1H3/t16-/m0/s1. The average molecular weight is 369 g/mol. The maximum atomic E-state index is 13.0. The summed E-state index contributed by atoms with van der Waals surface area (Å²) in [6.07, 6.45) is 0.531. The minimum Gasteiger partial charge on any atom is -0.369 e. The van der Waals surface area contributed by atoms with E-state index in [1.807, 2.05) is 0 Å². The van der Waals surface area contributed by atoms with Gasteiger partial charge in [0.15, 0.2) is 9.84 Å². The average Bonchev–Trinajstić information content (AvgIpc) is 2.95. The van der Waals surface area contributed by atoms with Crippen molar-refractivity contribution >= 4 is 21.4 Å². The van der Waals surface area contributed by atoms with Crippen LogP contribution in [0.5, 0.6) is 0 Å². The smallest absolute Gasteiger partial charge is 0.236 e. The zero-order valence-corrected chi connectivity index (χ0v) is 15.2. The molecule has 138 valence electrons. The number of anilines is 1. The van der Waals surface area contributed by atoms with Gasteiger partial charge in [-0.1, -0.05) is 0 Å². The second-order valence-corrected chi connectivity index (χ2v) is 9.03. The molecule has 3 rings (SSSR count). The van der Waals surface area contributed by atoms with Crippen LogP contribution < -0.4 is 4.90 Å². The van der Waals surface area contributed by atoms with E-state index in [9.17, 15) is 17.6 Å². The predicted molar refractivity (Wildman–Crippen MR) is 94.9 cm³/mol. The summed E-state index contributed by atoms with van der Waals surface area (Å²) >= 11 is 0. The maximum absolute atomic E-state index is 13.0. The largest absolute Gasteiger partial charge is 0.369 e. The molecule has 0 spiro atoms. The molecule has 0 N–H and O–H groups in total. The van der Waals surface area contributed by atoms with Crippen LogP contribution in [0.25, 0.3) is 0 Å². The SMILES string of the molecule is CN(C(=O)CN1CCN(c2ccc(F)cc2)CC1)[C@H]1CCS(=O)(=O)C1. The summed E-state index contributed by atoms with van der Waals surface area (Å²) in [6, 6.07) is 6.25. The van der Waals surface area contributed by atoms with Crippen LogP contribution in [0.1, 0.15) is 6.42 Å². The molecule has 0 aromatic heterocycles. The lowest BCUT2D eigenvalue weighted by Gasteiger charge is -2.36.